The predicted molar refractivity (Wildman–Crippen MR) is 157 cm³/mol. The van der Waals surface area contributed by atoms with E-state index in [0.717, 1.165) is 15.4 Å². The van der Waals surface area contributed by atoms with E-state index in [1.54, 1.807) is 42.5 Å². The van der Waals surface area contributed by atoms with Crippen LogP contribution >= 0.6 is 11.6 Å². The lowest BCUT2D eigenvalue weighted by Gasteiger charge is -2.23. The highest BCUT2D eigenvalue weighted by Crippen LogP contribution is 2.38. The third-order valence-corrected chi connectivity index (χ3v) is 7.56. The van der Waals surface area contributed by atoms with E-state index in [4.69, 9.17) is 21.1 Å². The molecule has 4 rings (SSSR count). The van der Waals surface area contributed by atoms with Gasteiger partial charge in [0.1, 0.15) is 11.5 Å². The zero-order valence-electron chi connectivity index (χ0n) is 21.6. The summed E-state index contributed by atoms with van der Waals surface area (Å²) in [5.41, 5.74) is 3.23. The number of rotatable bonds is 9. The fourth-order valence-corrected chi connectivity index (χ4v) is 5.43. The van der Waals surface area contributed by atoms with Crippen molar-refractivity contribution >= 4 is 62.9 Å². The lowest BCUT2D eigenvalue weighted by molar-refractivity contribution is 0.0601. The Bertz CT molecular complexity index is 1580. The highest BCUT2D eigenvalue weighted by molar-refractivity contribution is 7.81. The zero-order chi connectivity index (χ0) is 29.0. The number of aryl methyl sites for hydroxylation is 2. The number of anilines is 4. The zero-order valence-corrected chi connectivity index (χ0v) is 24.0. The van der Waals surface area contributed by atoms with E-state index in [9.17, 15) is 22.3 Å². The quantitative estimate of drug-likeness (QED) is 0.156. The predicted octanol–water partition coefficient (Wildman–Crippen LogP) is 7.09. The summed E-state index contributed by atoms with van der Waals surface area (Å²) in [5, 5.41) is 0.145. The van der Waals surface area contributed by atoms with Crippen molar-refractivity contribution in [3.8, 4) is 11.5 Å². The molecule has 0 saturated heterocycles. The Morgan fingerprint density at radius 3 is 1.62 bits per heavy atom. The van der Waals surface area contributed by atoms with E-state index in [1.165, 1.54) is 41.7 Å². The molecule has 2 N–H and O–H groups in total. The molecule has 0 aliphatic rings. The topological polar surface area (TPSA) is 117 Å². The fraction of sp³-hybridized carbons (Fsp3) is 0.107. The van der Waals surface area contributed by atoms with E-state index in [0.29, 0.717) is 11.4 Å². The summed E-state index contributed by atoms with van der Waals surface area (Å²) < 4.78 is 57.6. The summed E-state index contributed by atoms with van der Waals surface area (Å²) in [6.45, 7) is 3.79. The molecule has 0 radical (unpaired) electrons. The van der Waals surface area contributed by atoms with Crippen LogP contribution in [0.5, 0.6) is 11.5 Å². The maximum atomic E-state index is 12.7. The molecule has 2 unspecified atom stereocenters. The second-order valence-corrected chi connectivity index (χ2v) is 10.7. The number of ether oxygens (including phenoxy) is 2. The molecule has 0 aromatic heterocycles. The largest absolute Gasteiger partial charge is 0.465 e. The maximum Gasteiger partial charge on any atom is 0.340 e. The minimum Gasteiger partial charge on any atom is -0.465 e. The summed E-state index contributed by atoms with van der Waals surface area (Å²) in [5.74, 6) is -0.233. The van der Waals surface area contributed by atoms with Crippen LogP contribution in [0, 0.1) is 13.8 Å². The first-order chi connectivity index (χ1) is 19.1. The van der Waals surface area contributed by atoms with E-state index in [-0.39, 0.29) is 33.5 Å². The van der Waals surface area contributed by atoms with Gasteiger partial charge < -0.3 is 9.47 Å². The van der Waals surface area contributed by atoms with Crippen LogP contribution < -0.4 is 13.3 Å². The molecule has 208 valence electrons. The number of methoxy groups -OCH3 is 1. The molecule has 4 aromatic rings. The summed E-state index contributed by atoms with van der Waals surface area (Å²) >= 11 is 1.59. The average molecular weight is 601 g/mol. The van der Waals surface area contributed by atoms with Gasteiger partial charge in [-0.3, -0.25) is 9.11 Å². The van der Waals surface area contributed by atoms with Crippen molar-refractivity contribution in [3.63, 3.8) is 0 Å². The lowest BCUT2D eigenvalue weighted by Crippen LogP contribution is -2.22. The molecule has 0 heterocycles. The molecule has 0 aliphatic heterocycles. The van der Waals surface area contributed by atoms with E-state index in [1.807, 2.05) is 26.0 Å². The smallest absolute Gasteiger partial charge is 0.340 e. The number of benzene rings is 4. The van der Waals surface area contributed by atoms with Gasteiger partial charge in [0.2, 0.25) is 0 Å². The molecule has 0 fully saturated rings. The number of nitrogens with zero attached hydrogens (tertiary/aromatic N) is 2. The van der Waals surface area contributed by atoms with Crippen LogP contribution in [-0.2, 0) is 27.3 Å². The number of carbonyl (C=O) groups is 1. The fourth-order valence-electron chi connectivity index (χ4n) is 3.87. The second-order valence-electron chi connectivity index (χ2n) is 8.61. The Hall–Kier alpha value is -3.74. The molecule has 0 saturated carbocycles. The first kappa shape index (κ1) is 29.2. The second kappa shape index (κ2) is 12.6. The number of hydrogen-bond donors (Lipinski definition) is 2. The number of halogens is 1. The normalized spacial score (nSPS) is 12.3. The molecule has 12 heteroatoms. The van der Waals surface area contributed by atoms with Crippen LogP contribution in [0.4, 0.5) is 22.7 Å². The average Bonchev–Trinajstić information content (AvgIpc) is 2.92. The van der Waals surface area contributed by atoms with Crippen molar-refractivity contribution in [2.75, 3.05) is 15.7 Å². The summed E-state index contributed by atoms with van der Waals surface area (Å²) in [4.78, 5) is 12.7. The molecule has 0 spiro atoms. The van der Waals surface area contributed by atoms with E-state index in [2.05, 4.69) is 0 Å². The van der Waals surface area contributed by atoms with Crippen molar-refractivity contribution in [2.24, 2.45) is 0 Å². The van der Waals surface area contributed by atoms with Gasteiger partial charge in [-0.15, -0.1) is 0 Å². The number of hydrogen-bond acceptors (Lipinski definition) is 5. The van der Waals surface area contributed by atoms with Gasteiger partial charge in [-0.1, -0.05) is 47.0 Å². The van der Waals surface area contributed by atoms with Gasteiger partial charge in [0, 0.05) is 6.07 Å². The van der Waals surface area contributed by atoms with Crippen molar-refractivity contribution in [1.29, 1.82) is 0 Å². The first-order valence-corrected chi connectivity index (χ1v) is 14.2. The van der Waals surface area contributed by atoms with Crippen molar-refractivity contribution in [1.82, 2.24) is 0 Å². The molecule has 40 heavy (non-hydrogen) atoms. The van der Waals surface area contributed by atoms with Crippen LogP contribution in [-0.4, -0.2) is 30.6 Å². The van der Waals surface area contributed by atoms with E-state index < -0.39 is 28.5 Å². The molecule has 2 atom stereocenters. The van der Waals surface area contributed by atoms with Gasteiger partial charge in [0.25, 0.3) is 22.5 Å². The Morgan fingerprint density at radius 2 is 1.18 bits per heavy atom. The first-order valence-electron chi connectivity index (χ1n) is 11.7. The van der Waals surface area contributed by atoms with Crippen molar-refractivity contribution < 1.29 is 31.8 Å². The van der Waals surface area contributed by atoms with Gasteiger partial charge in [0.15, 0.2) is 0 Å². The van der Waals surface area contributed by atoms with Crippen molar-refractivity contribution in [2.45, 2.75) is 13.8 Å². The number of carbonyl (C=O) groups excluding carboxylic acids is 1. The monoisotopic (exact) mass is 600 g/mol. The molecule has 4 aromatic carbocycles. The highest BCUT2D eigenvalue weighted by Gasteiger charge is 2.24. The molecule has 0 bridgehead atoms. The molecular formula is C28H25ClN2O7S2. The summed E-state index contributed by atoms with van der Waals surface area (Å²) in [7, 11) is 1.20. The Labute approximate surface area is 241 Å². The number of esters is 1. The summed E-state index contributed by atoms with van der Waals surface area (Å²) in [6.07, 6.45) is 0. The molecule has 0 amide bonds. The summed E-state index contributed by atoms with van der Waals surface area (Å²) in [6, 6.07) is 22.9. The highest BCUT2D eigenvalue weighted by atomic mass is 35.5. The lowest BCUT2D eigenvalue weighted by atomic mass is 10.1. The molecular weight excluding hydrogens is 576 g/mol. The van der Waals surface area contributed by atoms with Gasteiger partial charge >= 0.3 is 5.97 Å². The Kier molecular flexibility index (Phi) is 9.23. The van der Waals surface area contributed by atoms with Crippen LogP contribution in [0.15, 0.2) is 84.9 Å². The van der Waals surface area contributed by atoms with E-state index >= 15 is 0 Å². The Morgan fingerprint density at radius 1 is 0.725 bits per heavy atom. The van der Waals surface area contributed by atoms with Crippen LogP contribution in [0.1, 0.15) is 21.5 Å². The SMILES string of the molecule is COC(=O)c1cc(Oc2ccc(N(c3ccc(C)cc3)S(=O)O)c(Cl)c2)ccc1N(c1ccc(C)cc1)S(=O)O. The van der Waals surface area contributed by atoms with Crippen LogP contribution in [0.3, 0.4) is 0 Å². The maximum absolute atomic E-state index is 12.7. The standard InChI is InChI=1S/C28H25ClN2O7S2/c1-18-4-8-20(9-5-18)30(39(33)34)26-14-12-22(16-24(26)28(32)37-3)38-23-13-15-27(25(29)17-23)31(40(35)36)21-10-6-19(2)7-11-21/h4-17H,1-3H3,(H,33,34)(H,35,36). The van der Waals surface area contributed by atoms with Gasteiger partial charge in [0.05, 0.1) is 40.4 Å². The van der Waals surface area contributed by atoms with Gasteiger partial charge in [-0.25, -0.2) is 21.8 Å². The molecule has 9 nitrogen and oxygen atoms in total. The third-order valence-electron chi connectivity index (χ3n) is 5.82. The van der Waals surface area contributed by atoms with Gasteiger partial charge in [-0.2, -0.15) is 0 Å². The molecule has 0 aliphatic carbocycles. The van der Waals surface area contributed by atoms with Crippen LogP contribution in [0.25, 0.3) is 0 Å². The minimum atomic E-state index is -2.50. The van der Waals surface area contributed by atoms with Crippen molar-refractivity contribution in [3.05, 3.63) is 107 Å². The third kappa shape index (κ3) is 6.52. The Balaban J connectivity index is 1.68. The van der Waals surface area contributed by atoms with Crippen LogP contribution in [0.2, 0.25) is 5.02 Å². The van der Waals surface area contributed by atoms with Gasteiger partial charge in [-0.05, 0) is 68.4 Å². The minimum absolute atomic E-state index is 0.00749.